The van der Waals surface area contributed by atoms with Crippen LogP contribution in [0, 0.1) is 11.8 Å². The van der Waals surface area contributed by atoms with E-state index in [1.165, 1.54) is 7.11 Å². The highest BCUT2D eigenvalue weighted by molar-refractivity contribution is 5.77. The van der Waals surface area contributed by atoms with E-state index in [0.717, 1.165) is 5.57 Å². The van der Waals surface area contributed by atoms with E-state index < -0.39 is 17.6 Å². The molecule has 0 aromatic carbocycles. The maximum absolute atomic E-state index is 11.5. The molecule has 0 amide bonds. The van der Waals surface area contributed by atoms with Crippen molar-refractivity contribution in [1.29, 1.82) is 0 Å². The fourth-order valence-corrected chi connectivity index (χ4v) is 3.89. The Balaban J connectivity index is 2.02. The molecule has 0 spiro atoms. The average Bonchev–Trinajstić information content (AvgIpc) is 2.64. The lowest BCUT2D eigenvalue weighted by Crippen LogP contribution is -2.44. The van der Waals surface area contributed by atoms with Crippen molar-refractivity contribution in [2.45, 2.75) is 38.4 Å². The van der Waals surface area contributed by atoms with E-state index in [1.54, 1.807) is 31.5 Å². The van der Waals surface area contributed by atoms with Crippen LogP contribution in [-0.4, -0.2) is 44.1 Å². The third-order valence-electron chi connectivity index (χ3n) is 5.50. The van der Waals surface area contributed by atoms with E-state index in [4.69, 9.17) is 4.74 Å². The van der Waals surface area contributed by atoms with Gasteiger partial charge in [0.05, 0.1) is 19.1 Å². The molecule has 6 heteroatoms. The van der Waals surface area contributed by atoms with Gasteiger partial charge in [0, 0.05) is 18.0 Å². The summed E-state index contributed by atoms with van der Waals surface area (Å²) in [6.45, 7) is 7.59. The van der Waals surface area contributed by atoms with Gasteiger partial charge in [0.2, 0.25) is 0 Å². The smallest absolute Gasteiger partial charge is 0.316 e. The lowest BCUT2D eigenvalue weighted by molar-refractivity contribution is 0.0303. The van der Waals surface area contributed by atoms with Gasteiger partial charge in [-0.15, -0.1) is 0 Å². The number of aliphatic hydroxyl groups is 3. The summed E-state index contributed by atoms with van der Waals surface area (Å²) in [6.07, 6.45) is 9.28. The SMILES string of the molecule is C=C(C)C1(O)C=C(c2cnc(OC)nc2)C=C(O)[C@@H]1C1C=C(C)C(O)CC1. The van der Waals surface area contributed by atoms with Crippen molar-refractivity contribution in [1.82, 2.24) is 9.97 Å². The average molecular weight is 370 g/mol. The predicted molar refractivity (Wildman–Crippen MR) is 103 cm³/mol. The van der Waals surface area contributed by atoms with Crippen molar-refractivity contribution in [3.8, 4) is 6.01 Å². The Hall–Kier alpha value is -2.44. The Morgan fingerprint density at radius 3 is 2.52 bits per heavy atom. The monoisotopic (exact) mass is 370 g/mol. The van der Waals surface area contributed by atoms with Crippen LogP contribution >= 0.6 is 0 Å². The Bertz CT molecular complexity index is 825. The van der Waals surface area contributed by atoms with Crippen LogP contribution in [0.2, 0.25) is 0 Å². The zero-order chi connectivity index (χ0) is 19.8. The lowest BCUT2D eigenvalue weighted by Gasteiger charge is -2.42. The van der Waals surface area contributed by atoms with Crippen LogP contribution in [0.25, 0.3) is 5.57 Å². The Morgan fingerprint density at radius 1 is 1.30 bits per heavy atom. The number of aliphatic hydroxyl groups excluding tert-OH is 2. The zero-order valence-corrected chi connectivity index (χ0v) is 15.9. The van der Waals surface area contributed by atoms with Crippen molar-refractivity contribution in [3.05, 3.63) is 59.7 Å². The maximum atomic E-state index is 11.5. The molecule has 4 atom stereocenters. The molecular weight excluding hydrogens is 344 g/mol. The van der Waals surface area contributed by atoms with E-state index >= 15 is 0 Å². The minimum absolute atomic E-state index is 0.0826. The molecule has 1 aromatic heterocycles. The van der Waals surface area contributed by atoms with Crippen LogP contribution in [0.3, 0.4) is 0 Å². The summed E-state index contributed by atoms with van der Waals surface area (Å²) in [7, 11) is 1.49. The Labute approximate surface area is 159 Å². The molecule has 0 bridgehead atoms. The van der Waals surface area contributed by atoms with Crippen molar-refractivity contribution in [2.24, 2.45) is 11.8 Å². The fourth-order valence-electron chi connectivity index (χ4n) is 3.89. The van der Waals surface area contributed by atoms with Gasteiger partial charge in [0.1, 0.15) is 11.4 Å². The molecule has 2 aliphatic carbocycles. The largest absolute Gasteiger partial charge is 0.512 e. The van der Waals surface area contributed by atoms with Gasteiger partial charge in [-0.05, 0) is 61.5 Å². The van der Waals surface area contributed by atoms with Gasteiger partial charge < -0.3 is 20.1 Å². The Kier molecular flexibility index (Phi) is 5.22. The third-order valence-corrected chi connectivity index (χ3v) is 5.50. The molecule has 0 radical (unpaired) electrons. The number of hydrogen-bond acceptors (Lipinski definition) is 6. The number of aromatic nitrogens is 2. The Morgan fingerprint density at radius 2 is 1.96 bits per heavy atom. The molecule has 0 saturated heterocycles. The molecule has 3 N–H and O–H groups in total. The van der Waals surface area contributed by atoms with E-state index in [-0.39, 0.29) is 17.7 Å². The topological polar surface area (TPSA) is 95.7 Å². The van der Waals surface area contributed by atoms with Gasteiger partial charge in [0.15, 0.2) is 0 Å². The van der Waals surface area contributed by atoms with Crippen LogP contribution in [-0.2, 0) is 0 Å². The second kappa shape index (κ2) is 7.29. The molecule has 1 aromatic rings. The summed E-state index contributed by atoms with van der Waals surface area (Å²) in [5.41, 5.74) is 1.26. The van der Waals surface area contributed by atoms with E-state index in [1.807, 2.05) is 13.0 Å². The molecular formula is C21H26N2O4. The summed E-state index contributed by atoms with van der Waals surface area (Å²) >= 11 is 0. The number of hydrogen-bond donors (Lipinski definition) is 3. The maximum Gasteiger partial charge on any atom is 0.316 e. The van der Waals surface area contributed by atoms with E-state index in [0.29, 0.717) is 29.6 Å². The van der Waals surface area contributed by atoms with Crippen LogP contribution < -0.4 is 4.74 Å². The molecule has 144 valence electrons. The number of rotatable bonds is 4. The van der Waals surface area contributed by atoms with E-state index in [2.05, 4.69) is 16.5 Å². The lowest BCUT2D eigenvalue weighted by atomic mass is 9.66. The van der Waals surface area contributed by atoms with Crippen LogP contribution in [0.15, 0.2) is 54.1 Å². The number of methoxy groups -OCH3 is 1. The number of nitrogens with zero attached hydrogens (tertiary/aromatic N) is 2. The molecule has 2 aliphatic rings. The van der Waals surface area contributed by atoms with Gasteiger partial charge in [-0.25, -0.2) is 9.97 Å². The van der Waals surface area contributed by atoms with Crippen molar-refractivity contribution in [2.75, 3.05) is 7.11 Å². The fraction of sp³-hybridized carbons (Fsp3) is 0.429. The second-order valence-corrected chi connectivity index (χ2v) is 7.38. The normalized spacial score (nSPS) is 30.9. The van der Waals surface area contributed by atoms with E-state index in [9.17, 15) is 15.3 Å². The first-order valence-electron chi connectivity index (χ1n) is 9.00. The first kappa shape index (κ1) is 19.3. The van der Waals surface area contributed by atoms with Crippen molar-refractivity contribution in [3.63, 3.8) is 0 Å². The van der Waals surface area contributed by atoms with Gasteiger partial charge in [0.25, 0.3) is 0 Å². The highest BCUT2D eigenvalue weighted by Crippen LogP contribution is 2.46. The summed E-state index contributed by atoms with van der Waals surface area (Å²) in [5.74, 6) is -0.573. The summed E-state index contributed by atoms with van der Waals surface area (Å²) in [4.78, 5) is 8.18. The van der Waals surface area contributed by atoms with Gasteiger partial charge in [-0.2, -0.15) is 0 Å². The predicted octanol–water partition coefficient (Wildman–Crippen LogP) is 2.96. The van der Waals surface area contributed by atoms with Crippen LogP contribution in [0.1, 0.15) is 32.3 Å². The first-order valence-corrected chi connectivity index (χ1v) is 9.00. The standard InChI is InChI=1S/C21H26N2O4/c1-12(2)21(26)9-15(16-10-22-20(27-4)23-11-16)8-18(25)19(21)14-5-6-17(24)13(3)7-14/h7-11,14,17,19,24-26H,1,5-6H2,2-4H3/t14?,17?,19-,21?/m0/s1. The molecule has 0 fully saturated rings. The molecule has 0 saturated carbocycles. The molecule has 27 heavy (non-hydrogen) atoms. The van der Waals surface area contributed by atoms with Crippen molar-refractivity contribution < 1.29 is 20.1 Å². The third kappa shape index (κ3) is 3.55. The molecule has 3 unspecified atom stereocenters. The first-order chi connectivity index (χ1) is 12.8. The summed E-state index contributed by atoms with van der Waals surface area (Å²) in [5, 5.41) is 32.3. The minimum Gasteiger partial charge on any atom is -0.512 e. The van der Waals surface area contributed by atoms with Crippen LogP contribution in [0.5, 0.6) is 6.01 Å². The zero-order valence-electron chi connectivity index (χ0n) is 15.9. The van der Waals surface area contributed by atoms with Crippen molar-refractivity contribution >= 4 is 5.57 Å². The quantitative estimate of drug-likeness (QED) is 0.705. The molecule has 0 aliphatic heterocycles. The minimum atomic E-state index is -1.42. The van der Waals surface area contributed by atoms with Crippen LogP contribution in [0.4, 0.5) is 0 Å². The van der Waals surface area contributed by atoms with Gasteiger partial charge in [-0.1, -0.05) is 12.7 Å². The highest BCUT2D eigenvalue weighted by atomic mass is 16.5. The van der Waals surface area contributed by atoms with Gasteiger partial charge >= 0.3 is 6.01 Å². The summed E-state index contributed by atoms with van der Waals surface area (Å²) in [6, 6.07) is 0.248. The molecule has 6 nitrogen and oxygen atoms in total. The summed E-state index contributed by atoms with van der Waals surface area (Å²) < 4.78 is 4.98. The highest BCUT2D eigenvalue weighted by Gasteiger charge is 2.45. The number of ether oxygens (including phenoxy) is 1. The second-order valence-electron chi connectivity index (χ2n) is 7.38. The number of allylic oxidation sites excluding steroid dienone is 3. The molecule has 3 rings (SSSR count). The molecule has 1 heterocycles. The van der Waals surface area contributed by atoms with Gasteiger partial charge in [-0.3, -0.25) is 0 Å².